The number of carbonyl (C=O) groups is 1. The van der Waals surface area contributed by atoms with Gasteiger partial charge in [0.1, 0.15) is 5.54 Å². The van der Waals surface area contributed by atoms with E-state index >= 15 is 0 Å². The number of aromatic nitrogens is 2. The van der Waals surface area contributed by atoms with Gasteiger partial charge in [0.05, 0.1) is 13.4 Å². The van der Waals surface area contributed by atoms with Gasteiger partial charge in [-0.05, 0) is 19.9 Å². The third-order valence-corrected chi connectivity index (χ3v) is 2.63. The van der Waals surface area contributed by atoms with Gasteiger partial charge in [-0.15, -0.1) is 0 Å². The SMILES string of the molecule is CCNC(C)(CCn1ccnc1)C(=O)OC. The Morgan fingerprint density at radius 2 is 2.38 bits per heavy atom. The fourth-order valence-electron chi connectivity index (χ4n) is 1.65. The number of imidazole rings is 1. The van der Waals surface area contributed by atoms with Crippen LogP contribution < -0.4 is 5.32 Å². The smallest absolute Gasteiger partial charge is 0.325 e. The van der Waals surface area contributed by atoms with E-state index in [2.05, 4.69) is 10.3 Å². The van der Waals surface area contributed by atoms with Crippen LogP contribution in [0.15, 0.2) is 18.7 Å². The minimum absolute atomic E-state index is 0.227. The van der Waals surface area contributed by atoms with Crippen LogP contribution in [0.1, 0.15) is 20.3 Å². The lowest BCUT2D eigenvalue weighted by atomic mass is 9.98. The van der Waals surface area contributed by atoms with E-state index in [-0.39, 0.29) is 5.97 Å². The molecular weight excluding hydrogens is 206 g/mol. The molecular formula is C11H19N3O2. The van der Waals surface area contributed by atoms with Gasteiger partial charge in [0.25, 0.3) is 0 Å². The summed E-state index contributed by atoms with van der Waals surface area (Å²) in [6.07, 6.45) is 6.01. The maximum absolute atomic E-state index is 11.7. The molecule has 1 unspecified atom stereocenters. The first kappa shape index (κ1) is 12.7. The zero-order valence-corrected chi connectivity index (χ0v) is 10.1. The van der Waals surface area contributed by atoms with Gasteiger partial charge in [-0.3, -0.25) is 4.79 Å². The van der Waals surface area contributed by atoms with Crippen molar-refractivity contribution < 1.29 is 9.53 Å². The van der Waals surface area contributed by atoms with E-state index in [0.29, 0.717) is 6.42 Å². The molecule has 1 heterocycles. The van der Waals surface area contributed by atoms with Crippen molar-refractivity contribution in [3.63, 3.8) is 0 Å². The highest BCUT2D eigenvalue weighted by molar-refractivity contribution is 5.80. The number of carbonyl (C=O) groups excluding carboxylic acids is 1. The fraction of sp³-hybridized carbons (Fsp3) is 0.636. The number of esters is 1. The third kappa shape index (κ3) is 3.06. The van der Waals surface area contributed by atoms with Gasteiger partial charge in [0, 0.05) is 18.9 Å². The minimum Gasteiger partial charge on any atom is -0.468 e. The van der Waals surface area contributed by atoms with Gasteiger partial charge in [0.15, 0.2) is 0 Å². The Bertz CT molecular complexity index is 324. The summed E-state index contributed by atoms with van der Waals surface area (Å²) in [7, 11) is 1.41. The molecule has 5 nitrogen and oxygen atoms in total. The van der Waals surface area contributed by atoms with E-state index in [4.69, 9.17) is 4.74 Å². The molecule has 0 spiro atoms. The number of aryl methyl sites for hydroxylation is 1. The standard InChI is InChI=1S/C11H19N3O2/c1-4-13-11(2,10(15)16-3)5-7-14-8-6-12-9-14/h6,8-9,13H,4-5,7H2,1-3H3. The predicted molar refractivity (Wildman–Crippen MR) is 60.9 cm³/mol. The van der Waals surface area contributed by atoms with E-state index in [0.717, 1.165) is 13.1 Å². The molecule has 16 heavy (non-hydrogen) atoms. The Kier molecular flexibility index (Phi) is 4.49. The van der Waals surface area contributed by atoms with Gasteiger partial charge in [0.2, 0.25) is 0 Å². The van der Waals surface area contributed by atoms with Crippen molar-refractivity contribution >= 4 is 5.97 Å². The summed E-state index contributed by atoms with van der Waals surface area (Å²) in [6.45, 7) is 5.30. The largest absolute Gasteiger partial charge is 0.468 e. The lowest BCUT2D eigenvalue weighted by Crippen LogP contribution is -2.50. The Labute approximate surface area is 95.8 Å². The second-order valence-corrected chi connectivity index (χ2v) is 3.90. The van der Waals surface area contributed by atoms with Gasteiger partial charge in [-0.1, -0.05) is 6.92 Å². The number of methoxy groups -OCH3 is 1. The predicted octanol–water partition coefficient (Wildman–Crippen LogP) is 0.814. The van der Waals surface area contributed by atoms with Gasteiger partial charge in [-0.2, -0.15) is 0 Å². The van der Waals surface area contributed by atoms with Crippen molar-refractivity contribution in [2.45, 2.75) is 32.4 Å². The first-order valence-electron chi connectivity index (χ1n) is 5.41. The van der Waals surface area contributed by atoms with Crippen molar-refractivity contribution in [1.29, 1.82) is 0 Å². The monoisotopic (exact) mass is 225 g/mol. The molecule has 0 aliphatic heterocycles. The molecule has 1 aromatic heterocycles. The number of nitrogens with zero attached hydrogens (tertiary/aromatic N) is 2. The lowest BCUT2D eigenvalue weighted by molar-refractivity contribution is -0.148. The molecule has 1 N–H and O–H groups in total. The molecule has 0 radical (unpaired) electrons. The van der Waals surface area contributed by atoms with Crippen molar-refractivity contribution in [1.82, 2.24) is 14.9 Å². The molecule has 1 rings (SSSR count). The summed E-state index contributed by atoms with van der Waals surface area (Å²) in [5, 5.41) is 3.16. The molecule has 0 aliphatic rings. The summed E-state index contributed by atoms with van der Waals surface area (Å²) < 4.78 is 6.75. The average Bonchev–Trinajstić information content (AvgIpc) is 2.78. The lowest BCUT2D eigenvalue weighted by Gasteiger charge is -2.27. The Morgan fingerprint density at radius 1 is 1.62 bits per heavy atom. The first-order chi connectivity index (χ1) is 7.62. The van der Waals surface area contributed by atoms with Crippen LogP contribution >= 0.6 is 0 Å². The molecule has 0 saturated carbocycles. The Hall–Kier alpha value is -1.36. The average molecular weight is 225 g/mol. The second kappa shape index (κ2) is 5.65. The number of nitrogens with one attached hydrogen (secondary N) is 1. The summed E-state index contributed by atoms with van der Waals surface area (Å²) in [4.78, 5) is 15.6. The molecule has 5 heteroatoms. The summed E-state index contributed by atoms with van der Waals surface area (Å²) in [5.74, 6) is -0.227. The van der Waals surface area contributed by atoms with Crippen LogP contribution in [0.4, 0.5) is 0 Å². The summed E-state index contributed by atoms with van der Waals surface area (Å²) in [5.41, 5.74) is -0.631. The van der Waals surface area contributed by atoms with Crippen LogP contribution in [-0.2, 0) is 16.1 Å². The molecule has 0 amide bonds. The number of ether oxygens (including phenoxy) is 1. The quantitative estimate of drug-likeness (QED) is 0.728. The second-order valence-electron chi connectivity index (χ2n) is 3.90. The summed E-state index contributed by atoms with van der Waals surface area (Å²) >= 11 is 0. The molecule has 1 aromatic rings. The van der Waals surface area contributed by atoms with Crippen molar-refractivity contribution in [2.75, 3.05) is 13.7 Å². The molecule has 0 aliphatic carbocycles. The number of hydrogen-bond acceptors (Lipinski definition) is 4. The number of likely N-dealkylation sites (N-methyl/N-ethyl adjacent to an activating group) is 1. The van der Waals surface area contributed by atoms with E-state index in [9.17, 15) is 4.79 Å². The highest BCUT2D eigenvalue weighted by atomic mass is 16.5. The van der Waals surface area contributed by atoms with E-state index < -0.39 is 5.54 Å². The fourth-order valence-corrected chi connectivity index (χ4v) is 1.65. The molecule has 90 valence electrons. The molecule has 0 saturated heterocycles. The topological polar surface area (TPSA) is 56.2 Å². The van der Waals surface area contributed by atoms with Crippen molar-refractivity contribution in [2.24, 2.45) is 0 Å². The van der Waals surface area contributed by atoms with Gasteiger partial charge >= 0.3 is 5.97 Å². The molecule has 0 bridgehead atoms. The van der Waals surface area contributed by atoms with Crippen LogP contribution in [0, 0.1) is 0 Å². The highest BCUT2D eigenvalue weighted by Gasteiger charge is 2.32. The van der Waals surface area contributed by atoms with Crippen molar-refractivity contribution in [3.05, 3.63) is 18.7 Å². The van der Waals surface area contributed by atoms with Crippen LogP contribution in [0.5, 0.6) is 0 Å². The molecule has 0 aromatic carbocycles. The first-order valence-corrected chi connectivity index (χ1v) is 5.41. The normalized spacial score (nSPS) is 14.4. The van der Waals surface area contributed by atoms with Crippen LogP contribution in [-0.4, -0.2) is 34.7 Å². The van der Waals surface area contributed by atoms with Crippen LogP contribution in [0.3, 0.4) is 0 Å². The van der Waals surface area contributed by atoms with Gasteiger partial charge < -0.3 is 14.6 Å². The van der Waals surface area contributed by atoms with E-state index in [1.54, 1.807) is 12.5 Å². The molecule has 1 atom stereocenters. The third-order valence-electron chi connectivity index (χ3n) is 2.63. The maximum atomic E-state index is 11.7. The van der Waals surface area contributed by atoms with E-state index in [1.807, 2.05) is 24.6 Å². The van der Waals surface area contributed by atoms with Gasteiger partial charge in [-0.25, -0.2) is 4.98 Å². The highest BCUT2D eigenvalue weighted by Crippen LogP contribution is 2.13. The Morgan fingerprint density at radius 3 is 2.88 bits per heavy atom. The number of rotatable bonds is 6. The minimum atomic E-state index is -0.631. The summed E-state index contributed by atoms with van der Waals surface area (Å²) in [6, 6.07) is 0. The van der Waals surface area contributed by atoms with Crippen LogP contribution in [0.25, 0.3) is 0 Å². The number of hydrogen-bond donors (Lipinski definition) is 1. The molecule has 0 fully saturated rings. The Balaban J connectivity index is 2.60. The zero-order valence-electron chi connectivity index (χ0n) is 10.1. The van der Waals surface area contributed by atoms with Crippen molar-refractivity contribution in [3.8, 4) is 0 Å². The van der Waals surface area contributed by atoms with E-state index in [1.165, 1.54) is 7.11 Å². The maximum Gasteiger partial charge on any atom is 0.325 e. The zero-order chi connectivity index (χ0) is 12.0. The van der Waals surface area contributed by atoms with Crippen LogP contribution in [0.2, 0.25) is 0 Å².